The number of amides is 1. The summed E-state index contributed by atoms with van der Waals surface area (Å²) in [6, 6.07) is 6.66. The lowest BCUT2D eigenvalue weighted by atomic mass is 10.1. The molecule has 2 aliphatic heterocycles. The summed E-state index contributed by atoms with van der Waals surface area (Å²) < 4.78 is 0. The van der Waals surface area contributed by atoms with Crippen molar-refractivity contribution in [3.63, 3.8) is 0 Å². The Morgan fingerprint density at radius 2 is 1.95 bits per heavy atom. The van der Waals surface area contributed by atoms with E-state index in [1.807, 2.05) is 4.90 Å². The number of carbonyl (C=O) groups is 1. The van der Waals surface area contributed by atoms with Crippen molar-refractivity contribution in [1.82, 2.24) is 10.2 Å². The van der Waals surface area contributed by atoms with Gasteiger partial charge in [0.15, 0.2) is 0 Å². The molecular formula is C17H25N3O. The number of hydrogen-bond donors (Lipinski definition) is 1. The standard InChI is InChI=1S/C17H25N3O/c1-13-5-6-14(2)16(12-13)19-8-10-20(11-9-19)17(21)15-4-3-7-18-15/h5-6,12,15,18H,3-4,7-11H2,1-2H3/t15-/m0/s1. The lowest BCUT2D eigenvalue weighted by Crippen LogP contribution is -2.53. The van der Waals surface area contributed by atoms with Gasteiger partial charge in [0.2, 0.25) is 5.91 Å². The second-order valence-electron chi connectivity index (χ2n) is 6.25. The van der Waals surface area contributed by atoms with E-state index in [2.05, 4.69) is 42.3 Å². The first-order valence-electron chi connectivity index (χ1n) is 7.99. The number of anilines is 1. The molecule has 1 aromatic carbocycles. The number of nitrogens with one attached hydrogen (secondary N) is 1. The average molecular weight is 287 g/mol. The van der Waals surface area contributed by atoms with Crippen LogP contribution >= 0.6 is 0 Å². The first kappa shape index (κ1) is 14.4. The maximum absolute atomic E-state index is 12.4. The number of nitrogens with zero attached hydrogens (tertiary/aromatic N) is 2. The van der Waals surface area contributed by atoms with Gasteiger partial charge < -0.3 is 15.1 Å². The van der Waals surface area contributed by atoms with Gasteiger partial charge in [0, 0.05) is 31.9 Å². The van der Waals surface area contributed by atoms with Gasteiger partial charge in [-0.05, 0) is 50.4 Å². The third-order valence-corrected chi connectivity index (χ3v) is 4.66. The normalized spacial score (nSPS) is 22.7. The van der Waals surface area contributed by atoms with E-state index >= 15 is 0 Å². The molecule has 21 heavy (non-hydrogen) atoms. The molecule has 0 aromatic heterocycles. The summed E-state index contributed by atoms with van der Waals surface area (Å²) in [7, 11) is 0. The zero-order valence-corrected chi connectivity index (χ0v) is 13.1. The molecule has 1 aromatic rings. The second kappa shape index (κ2) is 6.06. The van der Waals surface area contributed by atoms with Crippen LogP contribution in [0.25, 0.3) is 0 Å². The van der Waals surface area contributed by atoms with Gasteiger partial charge in [0.25, 0.3) is 0 Å². The van der Waals surface area contributed by atoms with E-state index in [-0.39, 0.29) is 6.04 Å². The highest BCUT2D eigenvalue weighted by Crippen LogP contribution is 2.23. The Bertz CT molecular complexity index is 515. The lowest BCUT2D eigenvalue weighted by molar-refractivity contribution is -0.133. The Kier molecular flexibility index (Phi) is 4.15. The van der Waals surface area contributed by atoms with E-state index < -0.39 is 0 Å². The van der Waals surface area contributed by atoms with Crippen molar-refractivity contribution in [1.29, 1.82) is 0 Å². The van der Waals surface area contributed by atoms with Crippen LogP contribution in [0.1, 0.15) is 24.0 Å². The zero-order chi connectivity index (χ0) is 14.8. The molecule has 1 N–H and O–H groups in total. The van der Waals surface area contributed by atoms with Crippen molar-refractivity contribution in [2.75, 3.05) is 37.6 Å². The van der Waals surface area contributed by atoms with E-state index in [0.717, 1.165) is 45.6 Å². The fourth-order valence-corrected chi connectivity index (χ4v) is 3.34. The molecule has 114 valence electrons. The van der Waals surface area contributed by atoms with Crippen molar-refractivity contribution >= 4 is 11.6 Å². The third kappa shape index (κ3) is 3.05. The lowest BCUT2D eigenvalue weighted by Gasteiger charge is -2.38. The summed E-state index contributed by atoms with van der Waals surface area (Å²) in [5.41, 5.74) is 3.93. The highest BCUT2D eigenvalue weighted by molar-refractivity contribution is 5.82. The Morgan fingerprint density at radius 1 is 1.19 bits per heavy atom. The number of piperazine rings is 1. The van der Waals surface area contributed by atoms with Crippen LogP contribution in [0.15, 0.2) is 18.2 Å². The Morgan fingerprint density at radius 3 is 2.62 bits per heavy atom. The Balaban J connectivity index is 1.62. The fourth-order valence-electron chi connectivity index (χ4n) is 3.34. The summed E-state index contributed by atoms with van der Waals surface area (Å²) in [5, 5.41) is 3.31. The van der Waals surface area contributed by atoms with Crippen LogP contribution in [-0.2, 0) is 4.79 Å². The number of benzene rings is 1. The molecule has 0 radical (unpaired) electrons. The Labute approximate surface area is 127 Å². The quantitative estimate of drug-likeness (QED) is 0.899. The van der Waals surface area contributed by atoms with Crippen LogP contribution < -0.4 is 10.2 Å². The number of aryl methyl sites for hydroxylation is 2. The van der Waals surface area contributed by atoms with Crippen LogP contribution in [0.3, 0.4) is 0 Å². The smallest absolute Gasteiger partial charge is 0.239 e. The van der Waals surface area contributed by atoms with E-state index in [0.29, 0.717) is 5.91 Å². The van der Waals surface area contributed by atoms with Gasteiger partial charge in [0.05, 0.1) is 6.04 Å². The maximum Gasteiger partial charge on any atom is 0.239 e. The molecule has 3 rings (SSSR count). The highest BCUT2D eigenvalue weighted by Gasteiger charge is 2.29. The van der Waals surface area contributed by atoms with Crippen molar-refractivity contribution in [3.05, 3.63) is 29.3 Å². The molecule has 0 unspecified atom stereocenters. The maximum atomic E-state index is 12.4. The Hall–Kier alpha value is -1.55. The summed E-state index contributed by atoms with van der Waals surface area (Å²) in [4.78, 5) is 16.9. The first-order chi connectivity index (χ1) is 10.1. The number of hydrogen-bond acceptors (Lipinski definition) is 3. The van der Waals surface area contributed by atoms with Crippen molar-refractivity contribution in [2.45, 2.75) is 32.7 Å². The minimum absolute atomic E-state index is 0.0669. The van der Waals surface area contributed by atoms with Crippen LogP contribution in [0.2, 0.25) is 0 Å². The monoisotopic (exact) mass is 287 g/mol. The predicted molar refractivity (Wildman–Crippen MR) is 85.7 cm³/mol. The SMILES string of the molecule is Cc1ccc(C)c(N2CCN(C(=O)[C@@H]3CCCN3)CC2)c1. The van der Waals surface area contributed by atoms with Gasteiger partial charge >= 0.3 is 0 Å². The molecular weight excluding hydrogens is 262 g/mol. The van der Waals surface area contributed by atoms with Crippen molar-refractivity contribution in [2.24, 2.45) is 0 Å². The molecule has 2 heterocycles. The van der Waals surface area contributed by atoms with E-state index in [9.17, 15) is 4.79 Å². The molecule has 4 nitrogen and oxygen atoms in total. The van der Waals surface area contributed by atoms with Gasteiger partial charge in [-0.1, -0.05) is 12.1 Å². The molecule has 2 saturated heterocycles. The van der Waals surface area contributed by atoms with Gasteiger partial charge in [-0.2, -0.15) is 0 Å². The van der Waals surface area contributed by atoms with E-state index in [1.165, 1.54) is 16.8 Å². The van der Waals surface area contributed by atoms with Crippen LogP contribution in [0.4, 0.5) is 5.69 Å². The van der Waals surface area contributed by atoms with Gasteiger partial charge in [-0.3, -0.25) is 4.79 Å². The van der Waals surface area contributed by atoms with Crippen LogP contribution in [0, 0.1) is 13.8 Å². The largest absolute Gasteiger partial charge is 0.368 e. The summed E-state index contributed by atoms with van der Waals surface area (Å²) in [6.07, 6.45) is 2.12. The van der Waals surface area contributed by atoms with E-state index in [1.54, 1.807) is 0 Å². The number of carbonyl (C=O) groups excluding carboxylic acids is 1. The second-order valence-corrected chi connectivity index (χ2v) is 6.25. The molecule has 2 aliphatic rings. The first-order valence-corrected chi connectivity index (χ1v) is 7.99. The minimum atomic E-state index is 0.0669. The average Bonchev–Trinajstić information content (AvgIpc) is 3.03. The molecule has 0 bridgehead atoms. The molecule has 2 fully saturated rings. The molecule has 4 heteroatoms. The molecule has 0 aliphatic carbocycles. The van der Waals surface area contributed by atoms with E-state index in [4.69, 9.17) is 0 Å². The topological polar surface area (TPSA) is 35.6 Å². The fraction of sp³-hybridized carbons (Fsp3) is 0.588. The van der Waals surface area contributed by atoms with Gasteiger partial charge in [-0.15, -0.1) is 0 Å². The van der Waals surface area contributed by atoms with Gasteiger partial charge in [0.1, 0.15) is 0 Å². The predicted octanol–water partition coefficient (Wildman–Crippen LogP) is 1.70. The van der Waals surface area contributed by atoms with Gasteiger partial charge in [-0.25, -0.2) is 0 Å². The zero-order valence-electron chi connectivity index (χ0n) is 13.1. The van der Waals surface area contributed by atoms with Crippen molar-refractivity contribution in [3.8, 4) is 0 Å². The van der Waals surface area contributed by atoms with Crippen molar-refractivity contribution < 1.29 is 4.79 Å². The van der Waals surface area contributed by atoms with Crippen LogP contribution in [0.5, 0.6) is 0 Å². The minimum Gasteiger partial charge on any atom is -0.368 e. The third-order valence-electron chi connectivity index (χ3n) is 4.66. The molecule has 0 spiro atoms. The summed E-state index contributed by atoms with van der Waals surface area (Å²) >= 11 is 0. The molecule has 1 amide bonds. The number of rotatable bonds is 2. The molecule has 1 atom stereocenters. The highest BCUT2D eigenvalue weighted by atomic mass is 16.2. The summed E-state index contributed by atoms with van der Waals surface area (Å²) in [5.74, 6) is 0.299. The van der Waals surface area contributed by atoms with Crippen LogP contribution in [-0.4, -0.2) is 49.6 Å². The molecule has 0 saturated carbocycles. The summed E-state index contributed by atoms with van der Waals surface area (Å²) in [6.45, 7) is 8.82.